The molecule has 3 rings (SSSR count). The standard InChI is InChI=1S/C25H34N4O4S/c1-34-13-11-22(25(32)33)27-23(30)17-28(16-20-9-5-12-29(20)24(31)14-26)15-19-8-4-7-18-6-2-3-10-21(18)19/h2-4,6-8,10,20,22H,5,9,11-17,26H2,1H3,(H,27,30)(H,32,33)/t20-,22-/m0/s1. The molecule has 2 aromatic carbocycles. The molecular formula is C25H34N4O4S. The number of benzene rings is 2. The van der Waals surface area contributed by atoms with Gasteiger partial charge < -0.3 is 21.1 Å². The Morgan fingerprint density at radius 2 is 2.00 bits per heavy atom. The first-order valence-corrected chi connectivity index (χ1v) is 13.0. The predicted octanol–water partition coefficient (Wildman–Crippen LogP) is 1.91. The molecule has 1 aliphatic heterocycles. The minimum atomic E-state index is -1.03. The van der Waals surface area contributed by atoms with Crippen molar-refractivity contribution in [1.29, 1.82) is 0 Å². The first-order chi connectivity index (χ1) is 16.4. The van der Waals surface area contributed by atoms with Gasteiger partial charge in [0.1, 0.15) is 6.04 Å². The van der Waals surface area contributed by atoms with Gasteiger partial charge in [-0.25, -0.2) is 4.79 Å². The third-order valence-electron chi connectivity index (χ3n) is 6.23. The Kier molecular flexibility index (Phi) is 9.74. The SMILES string of the molecule is CSCC[C@H](NC(=O)CN(Cc1cccc2ccccc12)C[C@@H]1CCCN1C(=O)CN)C(=O)O. The van der Waals surface area contributed by atoms with Crippen LogP contribution >= 0.6 is 11.8 Å². The van der Waals surface area contributed by atoms with Crippen LogP contribution in [-0.2, 0) is 20.9 Å². The fourth-order valence-corrected chi connectivity index (χ4v) is 5.03. The molecule has 0 radical (unpaired) electrons. The number of amides is 2. The van der Waals surface area contributed by atoms with E-state index in [1.807, 2.05) is 40.3 Å². The molecule has 2 aromatic rings. The molecule has 2 amide bonds. The van der Waals surface area contributed by atoms with Gasteiger partial charge in [0.05, 0.1) is 13.1 Å². The molecule has 1 heterocycles. The monoisotopic (exact) mass is 486 g/mol. The smallest absolute Gasteiger partial charge is 0.326 e. The lowest BCUT2D eigenvalue weighted by molar-refractivity contribution is -0.142. The number of hydrogen-bond acceptors (Lipinski definition) is 6. The van der Waals surface area contributed by atoms with Crippen molar-refractivity contribution in [2.24, 2.45) is 5.73 Å². The lowest BCUT2D eigenvalue weighted by Gasteiger charge is -2.31. The van der Waals surface area contributed by atoms with Crippen molar-refractivity contribution in [2.75, 3.05) is 38.2 Å². The van der Waals surface area contributed by atoms with Gasteiger partial charge in [0, 0.05) is 25.7 Å². The molecule has 4 N–H and O–H groups in total. The number of nitrogens with zero attached hydrogens (tertiary/aromatic N) is 2. The van der Waals surface area contributed by atoms with E-state index in [1.165, 1.54) is 0 Å². The number of hydrogen-bond donors (Lipinski definition) is 3. The van der Waals surface area contributed by atoms with Crippen LogP contribution in [0.15, 0.2) is 42.5 Å². The highest BCUT2D eigenvalue weighted by Crippen LogP contribution is 2.23. The molecule has 0 unspecified atom stereocenters. The Hall–Kier alpha value is -2.62. The Balaban J connectivity index is 1.79. The summed E-state index contributed by atoms with van der Waals surface area (Å²) in [5.41, 5.74) is 6.69. The summed E-state index contributed by atoms with van der Waals surface area (Å²) >= 11 is 1.54. The quantitative estimate of drug-likeness (QED) is 0.420. The molecule has 184 valence electrons. The number of carboxylic acid groups (broad SMARTS) is 1. The highest BCUT2D eigenvalue weighted by molar-refractivity contribution is 7.98. The Morgan fingerprint density at radius 3 is 2.74 bits per heavy atom. The Labute approximate surface area is 204 Å². The third kappa shape index (κ3) is 6.94. The largest absolute Gasteiger partial charge is 0.480 e. The molecule has 0 aromatic heterocycles. The van der Waals surface area contributed by atoms with Crippen LogP contribution in [-0.4, -0.2) is 83.0 Å². The van der Waals surface area contributed by atoms with Gasteiger partial charge >= 0.3 is 5.97 Å². The summed E-state index contributed by atoms with van der Waals surface area (Å²) in [5, 5.41) is 14.4. The summed E-state index contributed by atoms with van der Waals surface area (Å²) < 4.78 is 0. The van der Waals surface area contributed by atoms with Crippen molar-refractivity contribution in [3.05, 3.63) is 48.0 Å². The Morgan fingerprint density at radius 1 is 1.24 bits per heavy atom. The van der Waals surface area contributed by atoms with Gasteiger partial charge in [-0.05, 0) is 47.6 Å². The van der Waals surface area contributed by atoms with Gasteiger partial charge in [0.2, 0.25) is 11.8 Å². The van der Waals surface area contributed by atoms with Crippen LogP contribution < -0.4 is 11.1 Å². The van der Waals surface area contributed by atoms with Gasteiger partial charge in [-0.2, -0.15) is 11.8 Å². The van der Waals surface area contributed by atoms with Crippen LogP contribution in [0.4, 0.5) is 0 Å². The molecule has 34 heavy (non-hydrogen) atoms. The maximum atomic E-state index is 12.9. The molecule has 2 atom stereocenters. The number of rotatable bonds is 12. The van der Waals surface area contributed by atoms with Crippen LogP contribution in [0.5, 0.6) is 0 Å². The van der Waals surface area contributed by atoms with Crippen molar-refractivity contribution >= 4 is 40.3 Å². The molecule has 1 aliphatic rings. The molecular weight excluding hydrogens is 452 g/mol. The lowest BCUT2D eigenvalue weighted by Crippen LogP contribution is -2.49. The molecule has 8 nitrogen and oxygen atoms in total. The van der Waals surface area contributed by atoms with E-state index in [9.17, 15) is 19.5 Å². The van der Waals surface area contributed by atoms with E-state index in [0.717, 1.165) is 29.2 Å². The molecule has 0 aliphatic carbocycles. The lowest BCUT2D eigenvalue weighted by atomic mass is 10.0. The van der Waals surface area contributed by atoms with Gasteiger partial charge in [-0.3, -0.25) is 14.5 Å². The minimum Gasteiger partial charge on any atom is -0.480 e. The molecule has 0 spiro atoms. The summed E-state index contributed by atoms with van der Waals surface area (Å²) in [7, 11) is 0. The zero-order valence-corrected chi connectivity index (χ0v) is 20.4. The highest BCUT2D eigenvalue weighted by atomic mass is 32.2. The Bertz CT molecular complexity index is 997. The second kappa shape index (κ2) is 12.7. The van der Waals surface area contributed by atoms with Gasteiger partial charge in [-0.15, -0.1) is 0 Å². The van der Waals surface area contributed by atoms with Crippen LogP contribution in [0.2, 0.25) is 0 Å². The van der Waals surface area contributed by atoms with Crippen molar-refractivity contribution in [1.82, 2.24) is 15.1 Å². The van der Waals surface area contributed by atoms with Gasteiger partial charge in [-0.1, -0.05) is 42.5 Å². The van der Waals surface area contributed by atoms with Crippen molar-refractivity contribution in [3.63, 3.8) is 0 Å². The first kappa shape index (κ1) is 26.0. The molecule has 0 bridgehead atoms. The van der Waals surface area contributed by atoms with E-state index in [0.29, 0.717) is 31.8 Å². The third-order valence-corrected chi connectivity index (χ3v) is 6.87. The fraction of sp³-hybridized carbons (Fsp3) is 0.480. The highest BCUT2D eigenvalue weighted by Gasteiger charge is 2.30. The van der Waals surface area contributed by atoms with Gasteiger partial charge in [0.25, 0.3) is 0 Å². The van der Waals surface area contributed by atoms with Crippen LogP contribution in [0, 0.1) is 0 Å². The number of carbonyl (C=O) groups is 3. The van der Waals surface area contributed by atoms with E-state index in [-0.39, 0.29) is 30.9 Å². The molecule has 1 saturated heterocycles. The fourth-order valence-electron chi connectivity index (χ4n) is 4.56. The average molecular weight is 487 g/mol. The number of carbonyl (C=O) groups excluding carboxylic acids is 2. The van der Waals surface area contributed by atoms with E-state index in [1.54, 1.807) is 11.8 Å². The van der Waals surface area contributed by atoms with Crippen molar-refractivity contribution in [2.45, 2.75) is 37.9 Å². The molecule has 9 heteroatoms. The van der Waals surface area contributed by atoms with Crippen LogP contribution in [0.25, 0.3) is 10.8 Å². The second-order valence-electron chi connectivity index (χ2n) is 8.64. The number of carboxylic acids is 1. The zero-order valence-electron chi connectivity index (χ0n) is 19.6. The number of nitrogens with two attached hydrogens (primary N) is 1. The normalized spacial score (nSPS) is 16.7. The molecule has 1 fully saturated rings. The summed E-state index contributed by atoms with van der Waals surface area (Å²) in [6.45, 7) is 1.72. The van der Waals surface area contributed by atoms with Crippen molar-refractivity contribution < 1.29 is 19.5 Å². The topological polar surface area (TPSA) is 116 Å². The van der Waals surface area contributed by atoms with Crippen LogP contribution in [0.3, 0.4) is 0 Å². The number of thioether (sulfide) groups is 1. The van der Waals surface area contributed by atoms with Gasteiger partial charge in [0.15, 0.2) is 0 Å². The number of nitrogens with one attached hydrogen (secondary N) is 1. The number of likely N-dealkylation sites (tertiary alicyclic amines) is 1. The maximum absolute atomic E-state index is 12.9. The predicted molar refractivity (Wildman–Crippen MR) is 136 cm³/mol. The number of fused-ring (bicyclic) bond motifs is 1. The average Bonchev–Trinajstić information content (AvgIpc) is 3.29. The summed E-state index contributed by atoms with van der Waals surface area (Å²) in [4.78, 5) is 40.6. The first-order valence-electron chi connectivity index (χ1n) is 11.6. The zero-order chi connectivity index (χ0) is 24.5. The molecule has 0 saturated carbocycles. The van der Waals surface area contributed by atoms with E-state index >= 15 is 0 Å². The maximum Gasteiger partial charge on any atom is 0.326 e. The summed E-state index contributed by atoms with van der Waals surface area (Å²) in [6.07, 6.45) is 4.03. The summed E-state index contributed by atoms with van der Waals surface area (Å²) in [5.74, 6) is -0.795. The van der Waals surface area contributed by atoms with E-state index in [4.69, 9.17) is 5.73 Å². The van der Waals surface area contributed by atoms with E-state index in [2.05, 4.69) is 23.5 Å². The number of aliphatic carboxylic acids is 1. The van der Waals surface area contributed by atoms with Crippen molar-refractivity contribution in [3.8, 4) is 0 Å². The minimum absolute atomic E-state index is 0.0226. The van der Waals surface area contributed by atoms with E-state index < -0.39 is 12.0 Å². The second-order valence-corrected chi connectivity index (χ2v) is 9.62. The summed E-state index contributed by atoms with van der Waals surface area (Å²) in [6, 6.07) is 13.3. The van der Waals surface area contributed by atoms with Crippen LogP contribution in [0.1, 0.15) is 24.8 Å².